The number of rotatable bonds is 2. The third-order valence-electron chi connectivity index (χ3n) is 0.657. The highest BCUT2D eigenvalue weighted by molar-refractivity contribution is 4.43. The molecule has 11 heteroatoms. The zero-order chi connectivity index (χ0) is 8.27. The van der Waals surface area contributed by atoms with Crippen LogP contribution in [0.2, 0.25) is 0 Å². The standard InChI is InChI=1S/H4N8O3/c1-2-3-6-4-5-7(9)11-8(6)10/h2-3H,1H2/q-2. The van der Waals surface area contributed by atoms with Crippen LogP contribution in [-0.2, 0) is 0 Å². The van der Waals surface area contributed by atoms with Gasteiger partial charge in [-0.3, -0.25) is 5.84 Å². The Labute approximate surface area is 58.6 Å². The molecule has 0 aliphatic carbocycles. The molecule has 0 atom stereocenters. The molecule has 0 amide bonds. The van der Waals surface area contributed by atoms with Gasteiger partial charge in [-0.2, -0.15) is 5.53 Å². The molecule has 0 aliphatic rings. The highest BCUT2D eigenvalue weighted by atomic mass is 16.9. The summed E-state index contributed by atoms with van der Waals surface area (Å²) in [4.78, 5) is 0.411. The Hall–Kier alpha value is -1.88. The SMILES string of the molecule is NNNn1nnn([O-])on1[O-]. The lowest BCUT2D eigenvalue weighted by atomic mass is 12.1. The van der Waals surface area contributed by atoms with Crippen LogP contribution in [0, 0.1) is 10.4 Å². The molecule has 0 spiro atoms. The van der Waals surface area contributed by atoms with Gasteiger partial charge < -0.3 is 15.0 Å². The Kier molecular flexibility index (Phi) is 1.84. The van der Waals surface area contributed by atoms with Crippen molar-refractivity contribution in [2.75, 3.05) is 5.53 Å². The number of aromatic nitrogens is 5. The second kappa shape index (κ2) is 2.80. The highest BCUT2D eigenvalue weighted by Gasteiger charge is 1.87. The van der Waals surface area contributed by atoms with Crippen LogP contribution in [0.3, 0.4) is 0 Å². The van der Waals surface area contributed by atoms with E-state index in [2.05, 4.69) is 15.1 Å². The van der Waals surface area contributed by atoms with E-state index in [0.717, 1.165) is 0 Å². The van der Waals surface area contributed by atoms with Crippen molar-refractivity contribution in [3.05, 3.63) is 10.4 Å². The second-order valence-electron chi connectivity index (χ2n) is 1.28. The molecule has 0 fully saturated rings. The van der Waals surface area contributed by atoms with Gasteiger partial charge in [-0.05, 0) is 15.3 Å². The molecule has 0 radical (unpaired) electrons. The van der Waals surface area contributed by atoms with E-state index >= 15 is 0 Å². The first-order valence-electron chi connectivity index (χ1n) is 2.29. The minimum atomic E-state index is -0.373. The third-order valence-corrected chi connectivity index (χ3v) is 0.657. The summed E-state index contributed by atoms with van der Waals surface area (Å²) < 4.78 is 3.81. The van der Waals surface area contributed by atoms with Crippen LogP contribution in [0.25, 0.3) is 0 Å². The Morgan fingerprint density at radius 1 is 1.36 bits per heavy atom. The molecule has 1 heterocycles. The summed E-state index contributed by atoms with van der Waals surface area (Å²) in [5, 5.41) is 25.7. The predicted octanol–water partition coefficient (Wildman–Crippen LogP) is -2.79. The van der Waals surface area contributed by atoms with Crippen molar-refractivity contribution in [3.63, 3.8) is 0 Å². The first kappa shape index (κ1) is 7.23. The molecule has 0 unspecified atom stereocenters. The van der Waals surface area contributed by atoms with E-state index in [4.69, 9.17) is 5.84 Å². The molecule has 11 nitrogen and oxygen atoms in total. The topological polar surface area (TPSA) is 150 Å². The molecule has 4 N–H and O–H groups in total. The van der Waals surface area contributed by atoms with E-state index in [1.807, 2.05) is 11.1 Å². The molecular weight excluding hydrogens is 160 g/mol. The van der Waals surface area contributed by atoms with Crippen molar-refractivity contribution >= 4 is 0 Å². The smallest absolute Gasteiger partial charge is 0.00487 e. The van der Waals surface area contributed by atoms with Crippen LogP contribution in [0.1, 0.15) is 0 Å². The number of nitrogens with one attached hydrogen (secondary N) is 2. The van der Waals surface area contributed by atoms with E-state index in [9.17, 15) is 10.4 Å². The minimum absolute atomic E-state index is 0.278. The second-order valence-corrected chi connectivity index (χ2v) is 1.28. The van der Waals surface area contributed by atoms with Crippen LogP contribution >= 0.6 is 0 Å². The summed E-state index contributed by atoms with van der Waals surface area (Å²) in [6, 6.07) is 0. The maximum absolute atomic E-state index is 10.5. The summed E-state index contributed by atoms with van der Waals surface area (Å²) in [6.07, 6.45) is 0. The quantitative estimate of drug-likeness (QED) is 0.313. The normalized spacial score (nSPS) is 9.55. The molecule has 1 aromatic heterocycles. The average Bonchev–Trinajstić information content (AvgIpc) is 1.95. The van der Waals surface area contributed by atoms with Gasteiger partial charge in [0, 0.05) is 0 Å². The summed E-state index contributed by atoms with van der Waals surface area (Å²) in [6.45, 7) is 0. The van der Waals surface area contributed by atoms with Crippen LogP contribution in [-0.4, -0.2) is 25.4 Å². The fourth-order valence-corrected chi connectivity index (χ4v) is 0.335. The van der Waals surface area contributed by atoms with Gasteiger partial charge in [0.25, 0.3) is 0 Å². The van der Waals surface area contributed by atoms with E-state index in [0.29, 0.717) is 4.91 Å². The van der Waals surface area contributed by atoms with Gasteiger partial charge in [0.1, 0.15) is 0 Å². The average molecular weight is 164 g/mol. The van der Waals surface area contributed by atoms with Gasteiger partial charge in [0.2, 0.25) is 0 Å². The molecule has 0 saturated carbocycles. The van der Waals surface area contributed by atoms with Crippen LogP contribution in [0.5, 0.6) is 0 Å². The Morgan fingerprint density at radius 2 is 2.09 bits per heavy atom. The number of hydrogen-bond acceptors (Lipinski definition) is 8. The van der Waals surface area contributed by atoms with Crippen molar-refractivity contribution in [2.45, 2.75) is 0 Å². The lowest BCUT2D eigenvalue weighted by Gasteiger charge is -2.14. The largest absolute Gasteiger partial charge is 0.443 e. The van der Waals surface area contributed by atoms with E-state index in [-0.39, 0.29) is 10.0 Å². The third kappa shape index (κ3) is 1.53. The number of nitrogens with two attached hydrogens (primary N) is 1. The highest BCUT2D eigenvalue weighted by Crippen LogP contribution is 1.74. The monoisotopic (exact) mass is 164 g/mol. The zero-order valence-corrected chi connectivity index (χ0v) is 5.04. The number of nitrogens with zero attached hydrogens (tertiary/aromatic N) is 5. The van der Waals surface area contributed by atoms with Gasteiger partial charge in [-0.1, -0.05) is 10.0 Å². The Morgan fingerprint density at radius 3 is 2.64 bits per heavy atom. The van der Waals surface area contributed by atoms with Crippen LogP contribution in [0.15, 0.2) is 4.63 Å². The zero-order valence-electron chi connectivity index (χ0n) is 5.04. The van der Waals surface area contributed by atoms with Crippen molar-refractivity contribution in [1.29, 1.82) is 0 Å². The molecule has 0 aliphatic heterocycles. The van der Waals surface area contributed by atoms with Crippen molar-refractivity contribution in [2.24, 2.45) is 5.84 Å². The van der Waals surface area contributed by atoms with Crippen LogP contribution in [0.4, 0.5) is 0 Å². The molecule has 0 aromatic carbocycles. The van der Waals surface area contributed by atoms with Crippen molar-refractivity contribution < 1.29 is 4.63 Å². The maximum atomic E-state index is 10.5. The fraction of sp³-hybridized carbons (Fsp3) is 0. The predicted molar refractivity (Wildman–Crippen MR) is 30.1 cm³/mol. The molecule has 0 saturated heterocycles. The molecule has 1 aromatic rings. The molecule has 64 valence electrons. The summed E-state index contributed by atoms with van der Waals surface area (Å²) in [7, 11) is 0. The van der Waals surface area contributed by atoms with Gasteiger partial charge >= 0.3 is 0 Å². The number of hydrogen-bond donors (Lipinski definition) is 3. The Balaban J connectivity index is 2.90. The first-order chi connectivity index (χ1) is 5.24. The van der Waals surface area contributed by atoms with Gasteiger partial charge in [0.05, 0.1) is 0 Å². The molecular formula is H4N8O3-2. The summed E-state index contributed by atoms with van der Waals surface area (Å²) >= 11 is 0. The van der Waals surface area contributed by atoms with Gasteiger partial charge in [-0.25, -0.2) is 5.53 Å². The minimum Gasteiger partial charge on any atom is -0.443 e. The lowest BCUT2D eigenvalue weighted by molar-refractivity contribution is 0.0645. The fourth-order valence-electron chi connectivity index (χ4n) is 0.335. The van der Waals surface area contributed by atoms with Crippen molar-refractivity contribution in [3.8, 4) is 0 Å². The Bertz CT molecular complexity index is 245. The summed E-state index contributed by atoms with van der Waals surface area (Å²) in [5.41, 5.74) is 3.84. The maximum Gasteiger partial charge on any atom is -0.00487 e. The first-order valence-corrected chi connectivity index (χ1v) is 2.29. The van der Waals surface area contributed by atoms with Gasteiger partial charge in [0.15, 0.2) is 0 Å². The van der Waals surface area contributed by atoms with Crippen molar-refractivity contribution in [1.82, 2.24) is 30.9 Å². The number of hydrazine groups is 2. The lowest BCUT2D eigenvalue weighted by Crippen LogP contribution is -2.41. The van der Waals surface area contributed by atoms with E-state index in [1.165, 1.54) is 0 Å². The van der Waals surface area contributed by atoms with E-state index in [1.54, 1.807) is 0 Å². The summed E-state index contributed by atoms with van der Waals surface area (Å²) in [5.74, 6) is 4.74. The molecule has 11 heavy (non-hydrogen) atoms. The van der Waals surface area contributed by atoms with E-state index < -0.39 is 0 Å². The van der Waals surface area contributed by atoms with Crippen LogP contribution < -0.4 is 16.9 Å². The van der Waals surface area contributed by atoms with Gasteiger partial charge in [-0.15, -0.1) is 0 Å². The molecule has 0 bridgehead atoms. The molecule has 1 rings (SSSR count).